The summed E-state index contributed by atoms with van der Waals surface area (Å²) in [6.45, 7) is 5.03. The van der Waals surface area contributed by atoms with Gasteiger partial charge < -0.3 is 9.47 Å². The Bertz CT molecular complexity index is 691. The molecule has 5 heteroatoms. The molecule has 0 saturated carbocycles. The number of nitrogens with zero attached hydrogens (tertiary/aromatic N) is 3. The summed E-state index contributed by atoms with van der Waals surface area (Å²) in [5.74, 6) is 0.382. The van der Waals surface area contributed by atoms with Gasteiger partial charge in [0.25, 0.3) is 0 Å². The first-order chi connectivity index (χ1) is 11.3. The van der Waals surface area contributed by atoms with Crippen LogP contribution in [0, 0.1) is 11.3 Å². The molecule has 0 aliphatic carbocycles. The predicted octanol–water partition coefficient (Wildman–Crippen LogP) is 2.68. The summed E-state index contributed by atoms with van der Waals surface area (Å²) in [5.41, 5.74) is 2.29. The highest BCUT2D eigenvalue weighted by molar-refractivity contribution is 5.72. The Hall–Kier alpha value is -2.42. The Morgan fingerprint density at radius 1 is 1.22 bits per heavy atom. The molecule has 1 aliphatic rings. The minimum absolute atomic E-state index is 0.149. The molecule has 0 amide bonds. The van der Waals surface area contributed by atoms with Gasteiger partial charge in [0, 0.05) is 24.8 Å². The first-order valence-corrected chi connectivity index (χ1v) is 7.72. The molecule has 0 spiro atoms. The van der Waals surface area contributed by atoms with Gasteiger partial charge in [-0.15, -0.1) is 0 Å². The molecule has 0 bridgehead atoms. The Morgan fingerprint density at radius 3 is 2.65 bits per heavy atom. The molecular weight excluding hydrogens is 290 g/mol. The Kier molecular flexibility index (Phi) is 4.86. The SMILES string of the molecule is CC(Oc1nccc(-c2ccccc2)c1C#N)N1CCOCC1. The smallest absolute Gasteiger partial charge is 0.233 e. The van der Waals surface area contributed by atoms with Gasteiger partial charge in [0.05, 0.1) is 13.2 Å². The molecule has 2 aromatic rings. The number of hydrogen-bond donors (Lipinski definition) is 0. The summed E-state index contributed by atoms with van der Waals surface area (Å²) >= 11 is 0. The van der Waals surface area contributed by atoms with Crippen LogP contribution in [0.5, 0.6) is 5.88 Å². The number of aromatic nitrogens is 1. The van der Waals surface area contributed by atoms with Crippen molar-refractivity contribution < 1.29 is 9.47 Å². The van der Waals surface area contributed by atoms with Crippen LogP contribution >= 0.6 is 0 Å². The normalized spacial score (nSPS) is 16.5. The van der Waals surface area contributed by atoms with Crippen molar-refractivity contribution in [2.24, 2.45) is 0 Å². The minimum Gasteiger partial charge on any atom is -0.458 e. The van der Waals surface area contributed by atoms with E-state index in [1.54, 1.807) is 6.20 Å². The molecule has 0 N–H and O–H groups in total. The van der Waals surface area contributed by atoms with Gasteiger partial charge in [-0.05, 0) is 18.6 Å². The monoisotopic (exact) mass is 309 g/mol. The van der Waals surface area contributed by atoms with E-state index in [1.165, 1.54) is 0 Å². The third kappa shape index (κ3) is 3.50. The van der Waals surface area contributed by atoms with E-state index in [2.05, 4.69) is 16.0 Å². The highest BCUT2D eigenvalue weighted by Crippen LogP contribution is 2.29. The lowest BCUT2D eigenvalue weighted by Crippen LogP contribution is -2.44. The summed E-state index contributed by atoms with van der Waals surface area (Å²) in [6.07, 6.45) is 1.54. The van der Waals surface area contributed by atoms with E-state index in [-0.39, 0.29) is 6.23 Å². The fourth-order valence-electron chi connectivity index (χ4n) is 2.68. The zero-order valence-corrected chi connectivity index (χ0v) is 13.1. The fraction of sp³-hybridized carbons (Fsp3) is 0.333. The molecule has 2 heterocycles. The van der Waals surface area contributed by atoms with Crippen LogP contribution in [0.1, 0.15) is 12.5 Å². The number of pyridine rings is 1. The van der Waals surface area contributed by atoms with Gasteiger partial charge in [0.15, 0.2) is 6.23 Å². The summed E-state index contributed by atoms with van der Waals surface area (Å²) < 4.78 is 11.3. The van der Waals surface area contributed by atoms with Crippen molar-refractivity contribution in [2.45, 2.75) is 13.2 Å². The zero-order valence-electron chi connectivity index (χ0n) is 13.1. The van der Waals surface area contributed by atoms with E-state index in [0.29, 0.717) is 24.7 Å². The second kappa shape index (κ2) is 7.23. The van der Waals surface area contributed by atoms with Gasteiger partial charge in [-0.3, -0.25) is 4.90 Å². The number of hydrogen-bond acceptors (Lipinski definition) is 5. The van der Waals surface area contributed by atoms with E-state index in [1.807, 2.05) is 43.3 Å². The molecule has 0 radical (unpaired) electrons. The van der Waals surface area contributed by atoms with Crippen molar-refractivity contribution in [1.29, 1.82) is 5.26 Å². The van der Waals surface area contributed by atoms with E-state index in [0.717, 1.165) is 24.2 Å². The summed E-state index contributed by atoms with van der Waals surface area (Å²) in [4.78, 5) is 6.45. The average Bonchev–Trinajstić information content (AvgIpc) is 2.63. The van der Waals surface area contributed by atoms with Crippen molar-refractivity contribution in [3.8, 4) is 23.1 Å². The molecule has 118 valence electrons. The van der Waals surface area contributed by atoms with Gasteiger partial charge in [-0.25, -0.2) is 4.98 Å². The van der Waals surface area contributed by atoms with Crippen LogP contribution in [0.15, 0.2) is 42.6 Å². The maximum atomic E-state index is 9.58. The van der Waals surface area contributed by atoms with Crippen LogP contribution < -0.4 is 4.74 Å². The molecule has 1 atom stereocenters. The lowest BCUT2D eigenvalue weighted by molar-refractivity contribution is -0.0389. The van der Waals surface area contributed by atoms with Crippen molar-refractivity contribution in [2.75, 3.05) is 26.3 Å². The van der Waals surface area contributed by atoms with Crippen molar-refractivity contribution >= 4 is 0 Å². The standard InChI is InChI=1S/C18H19N3O2/c1-14(21-9-11-22-12-10-21)23-18-17(13-19)16(7-8-20-18)15-5-3-2-4-6-15/h2-8,14H,9-12H2,1H3. The van der Waals surface area contributed by atoms with Crippen LogP contribution in [0.4, 0.5) is 0 Å². The molecular formula is C18H19N3O2. The third-order valence-corrected chi connectivity index (χ3v) is 3.95. The first kappa shape index (κ1) is 15.5. The van der Waals surface area contributed by atoms with Crippen LogP contribution in [-0.2, 0) is 4.74 Å². The third-order valence-electron chi connectivity index (χ3n) is 3.95. The van der Waals surface area contributed by atoms with Crippen LogP contribution in [0.2, 0.25) is 0 Å². The Morgan fingerprint density at radius 2 is 1.96 bits per heavy atom. The lowest BCUT2D eigenvalue weighted by atomic mass is 10.0. The largest absolute Gasteiger partial charge is 0.458 e. The summed E-state index contributed by atoms with van der Waals surface area (Å²) in [5, 5.41) is 9.58. The summed E-state index contributed by atoms with van der Waals surface area (Å²) in [7, 11) is 0. The molecule has 3 rings (SSSR count). The van der Waals surface area contributed by atoms with Crippen LogP contribution in [0.25, 0.3) is 11.1 Å². The Labute approximate surface area is 136 Å². The second-order valence-corrected chi connectivity index (χ2v) is 5.38. The van der Waals surface area contributed by atoms with E-state index >= 15 is 0 Å². The van der Waals surface area contributed by atoms with E-state index < -0.39 is 0 Å². The summed E-state index contributed by atoms with van der Waals surface area (Å²) in [6, 6.07) is 13.9. The van der Waals surface area contributed by atoms with Gasteiger partial charge >= 0.3 is 0 Å². The number of nitriles is 1. The van der Waals surface area contributed by atoms with Crippen LogP contribution in [-0.4, -0.2) is 42.4 Å². The fourth-order valence-corrected chi connectivity index (χ4v) is 2.68. The van der Waals surface area contributed by atoms with Gasteiger partial charge in [0.2, 0.25) is 5.88 Å². The highest BCUT2D eigenvalue weighted by atomic mass is 16.5. The average molecular weight is 309 g/mol. The highest BCUT2D eigenvalue weighted by Gasteiger charge is 2.21. The number of benzene rings is 1. The zero-order chi connectivity index (χ0) is 16.1. The van der Waals surface area contributed by atoms with Crippen molar-refractivity contribution in [3.05, 3.63) is 48.2 Å². The van der Waals surface area contributed by atoms with E-state index in [4.69, 9.17) is 9.47 Å². The molecule has 1 unspecified atom stereocenters. The lowest BCUT2D eigenvalue weighted by Gasteiger charge is -2.32. The molecule has 1 aromatic carbocycles. The minimum atomic E-state index is -0.149. The van der Waals surface area contributed by atoms with Gasteiger partial charge in [-0.1, -0.05) is 30.3 Å². The topological polar surface area (TPSA) is 58.4 Å². The maximum Gasteiger partial charge on any atom is 0.233 e. The first-order valence-electron chi connectivity index (χ1n) is 7.72. The number of morpholine rings is 1. The van der Waals surface area contributed by atoms with Crippen LogP contribution in [0.3, 0.4) is 0 Å². The number of rotatable bonds is 4. The van der Waals surface area contributed by atoms with Crippen molar-refractivity contribution in [3.63, 3.8) is 0 Å². The molecule has 1 saturated heterocycles. The molecule has 1 aliphatic heterocycles. The van der Waals surface area contributed by atoms with Crippen molar-refractivity contribution in [1.82, 2.24) is 9.88 Å². The van der Waals surface area contributed by atoms with Gasteiger partial charge in [0.1, 0.15) is 11.6 Å². The molecule has 23 heavy (non-hydrogen) atoms. The molecule has 1 aromatic heterocycles. The molecule has 1 fully saturated rings. The van der Waals surface area contributed by atoms with E-state index in [9.17, 15) is 5.26 Å². The second-order valence-electron chi connectivity index (χ2n) is 5.38. The van der Waals surface area contributed by atoms with Gasteiger partial charge in [-0.2, -0.15) is 5.26 Å². The predicted molar refractivity (Wildman–Crippen MR) is 86.9 cm³/mol. The number of ether oxygens (including phenoxy) is 2. The Balaban J connectivity index is 1.86. The quantitative estimate of drug-likeness (QED) is 0.869. The molecule has 5 nitrogen and oxygen atoms in total. The maximum absolute atomic E-state index is 9.58.